The second kappa shape index (κ2) is 14.0. The largest absolute Gasteiger partial charge is 0.416 e. The van der Waals surface area contributed by atoms with Crippen LogP contribution < -0.4 is 0 Å². The van der Waals surface area contributed by atoms with Crippen LogP contribution in [-0.2, 0) is 20.5 Å². The molecule has 5 atom stereocenters. The summed E-state index contributed by atoms with van der Waals surface area (Å²) in [5.74, 6) is 1.37. The first-order valence-corrected chi connectivity index (χ1v) is 15.8. The summed E-state index contributed by atoms with van der Waals surface area (Å²) < 4.78 is 19.5. The van der Waals surface area contributed by atoms with Gasteiger partial charge in [0.1, 0.15) is 0 Å². The molecule has 1 aliphatic heterocycles. The lowest BCUT2D eigenvalue weighted by atomic mass is 9.84. The maximum absolute atomic E-state index is 6.91. The normalized spacial score (nSPS) is 23.8. The fourth-order valence-electron chi connectivity index (χ4n) is 6.14. The first kappa shape index (κ1) is 29.3. The highest BCUT2D eigenvalue weighted by Gasteiger charge is 2.45. The van der Waals surface area contributed by atoms with E-state index in [1.54, 1.807) is 0 Å². The molecule has 0 saturated carbocycles. The molecule has 0 bridgehead atoms. The molecule has 2 rings (SSSR count). The van der Waals surface area contributed by atoms with Crippen LogP contribution in [0.15, 0.2) is 42.5 Å². The minimum atomic E-state index is -1.84. The number of hydrogen-bond acceptors (Lipinski definition) is 3. The van der Waals surface area contributed by atoms with Crippen LogP contribution in [0.3, 0.4) is 0 Å². The van der Waals surface area contributed by atoms with E-state index >= 15 is 0 Å². The molecule has 1 aliphatic rings. The van der Waals surface area contributed by atoms with E-state index < -0.39 is 8.32 Å². The summed E-state index contributed by atoms with van der Waals surface area (Å²) in [7, 11) is -1.84. The van der Waals surface area contributed by atoms with Crippen molar-refractivity contribution >= 4 is 8.32 Å². The lowest BCUT2D eigenvalue weighted by Crippen LogP contribution is -2.49. The van der Waals surface area contributed by atoms with Crippen LogP contribution >= 0.6 is 0 Å². The van der Waals surface area contributed by atoms with Crippen LogP contribution in [0, 0.1) is 17.8 Å². The van der Waals surface area contributed by atoms with E-state index in [0.29, 0.717) is 47.6 Å². The molecule has 3 nitrogen and oxygen atoms in total. The van der Waals surface area contributed by atoms with Gasteiger partial charge in [0.2, 0.25) is 0 Å². The van der Waals surface area contributed by atoms with Gasteiger partial charge in [0.15, 0.2) is 8.32 Å². The Labute approximate surface area is 211 Å². The SMILES string of the molecule is CC(C)[Si](OC[C@@H](C)[C@@H]1CC[C@H](C)[C@@H]([C@@H](C)/C=C/COCc2ccccc2)O1)(C(C)C)C(C)C. The van der Waals surface area contributed by atoms with Crippen LogP contribution in [0.1, 0.15) is 80.7 Å². The number of ether oxygens (including phenoxy) is 2. The molecule has 0 aromatic heterocycles. The summed E-state index contributed by atoms with van der Waals surface area (Å²) >= 11 is 0. The molecule has 1 aromatic rings. The first-order valence-electron chi connectivity index (χ1n) is 13.7. The van der Waals surface area contributed by atoms with E-state index in [0.717, 1.165) is 13.0 Å². The Balaban J connectivity index is 1.88. The fraction of sp³-hybridized carbons (Fsp3) is 0.733. The Bertz CT molecular complexity index is 693. The molecule has 1 aromatic carbocycles. The minimum absolute atomic E-state index is 0.258. The standard InChI is InChI=1S/C30H52O3Si/c1-22(2)34(23(3)4,24(5)6)32-20-27(9)29-18-17-26(8)30(33-29)25(7)14-13-19-31-21-28-15-11-10-12-16-28/h10-16,22-27,29-30H,17-21H2,1-9H3/b14-13+/t25-,26-,27+,29-,30+/m0/s1. The van der Waals surface area contributed by atoms with E-state index in [-0.39, 0.29) is 12.2 Å². The highest BCUT2D eigenvalue weighted by atomic mass is 28.4. The highest BCUT2D eigenvalue weighted by molar-refractivity contribution is 6.77. The van der Waals surface area contributed by atoms with Crippen LogP contribution in [0.25, 0.3) is 0 Å². The van der Waals surface area contributed by atoms with Crippen molar-refractivity contribution in [1.82, 2.24) is 0 Å². The van der Waals surface area contributed by atoms with Gasteiger partial charge in [0, 0.05) is 18.4 Å². The van der Waals surface area contributed by atoms with Gasteiger partial charge in [-0.15, -0.1) is 0 Å². The summed E-state index contributed by atoms with van der Waals surface area (Å²) in [4.78, 5) is 0. The molecule has 0 aliphatic carbocycles. The van der Waals surface area contributed by atoms with Gasteiger partial charge in [-0.25, -0.2) is 0 Å². The molecule has 1 heterocycles. The summed E-state index contributed by atoms with van der Waals surface area (Å²) in [6, 6.07) is 10.3. The lowest BCUT2D eigenvalue weighted by molar-refractivity contribution is -0.119. The van der Waals surface area contributed by atoms with Crippen LogP contribution in [0.2, 0.25) is 16.6 Å². The summed E-state index contributed by atoms with van der Waals surface area (Å²) in [5.41, 5.74) is 3.07. The van der Waals surface area contributed by atoms with E-state index in [2.05, 4.69) is 98.7 Å². The Hall–Kier alpha value is -0.943. The molecule has 194 valence electrons. The molecule has 1 saturated heterocycles. The van der Waals surface area contributed by atoms with Crippen molar-refractivity contribution in [3.63, 3.8) is 0 Å². The zero-order valence-electron chi connectivity index (χ0n) is 23.4. The van der Waals surface area contributed by atoms with Gasteiger partial charge < -0.3 is 13.9 Å². The molecule has 0 radical (unpaired) electrons. The topological polar surface area (TPSA) is 27.7 Å². The van der Waals surface area contributed by atoms with Crippen molar-refractivity contribution in [2.24, 2.45) is 17.8 Å². The molecule has 1 fully saturated rings. The first-order chi connectivity index (χ1) is 16.1. The number of benzene rings is 1. The van der Waals surface area contributed by atoms with Gasteiger partial charge >= 0.3 is 0 Å². The maximum Gasteiger partial charge on any atom is 0.200 e. The Morgan fingerprint density at radius 2 is 1.56 bits per heavy atom. The van der Waals surface area contributed by atoms with Gasteiger partial charge in [0.25, 0.3) is 0 Å². The van der Waals surface area contributed by atoms with Crippen LogP contribution in [-0.4, -0.2) is 33.7 Å². The third kappa shape index (κ3) is 7.78. The Morgan fingerprint density at radius 3 is 2.15 bits per heavy atom. The summed E-state index contributed by atoms with van der Waals surface area (Å²) in [6.45, 7) is 23.3. The van der Waals surface area contributed by atoms with Gasteiger partial charge in [-0.1, -0.05) is 105 Å². The van der Waals surface area contributed by atoms with Crippen molar-refractivity contribution in [2.75, 3.05) is 13.2 Å². The molecular formula is C30H52O3Si. The molecule has 4 heteroatoms. The minimum Gasteiger partial charge on any atom is -0.416 e. The predicted octanol–water partition coefficient (Wildman–Crippen LogP) is 8.41. The fourth-order valence-corrected chi connectivity index (χ4v) is 11.7. The van der Waals surface area contributed by atoms with Gasteiger partial charge in [-0.2, -0.15) is 0 Å². The van der Waals surface area contributed by atoms with Crippen LogP contribution in [0.5, 0.6) is 0 Å². The van der Waals surface area contributed by atoms with Crippen molar-refractivity contribution in [1.29, 1.82) is 0 Å². The quantitative estimate of drug-likeness (QED) is 0.158. The smallest absolute Gasteiger partial charge is 0.200 e. The average Bonchev–Trinajstić information content (AvgIpc) is 2.79. The third-order valence-corrected chi connectivity index (χ3v) is 14.1. The second-order valence-corrected chi connectivity index (χ2v) is 17.0. The Morgan fingerprint density at radius 1 is 0.941 bits per heavy atom. The van der Waals surface area contributed by atoms with E-state index in [1.165, 1.54) is 12.0 Å². The van der Waals surface area contributed by atoms with Gasteiger partial charge in [0.05, 0.1) is 25.4 Å². The predicted molar refractivity (Wildman–Crippen MR) is 148 cm³/mol. The number of hydrogen-bond donors (Lipinski definition) is 0. The molecule has 0 amide bonds. The summed E-state index contributed by atoms with van der Waals surface area (Å²) in [6.07, 6.45) is 7.35. The van der Waals surface area contributed by atoms with E-state index in [9.17, 15) is 0 Å². The van der Waals surface area contributed by atoms with Gasteiger partial charge in [-0.3, -0.25) is 0 Å². The van der Waals surface area contributed by atoms with Crippen molar-refractivity contribution in [2.45, 2.75) is 111 Å². The number of rotatable bonds is 13. The Kier molecular flexibility index (Phi) is 12.0. The molecule has 0 spiro atoms. The average molecular weight is 489 g/mol. The van der Waals surface area contributed by atoms with Crippen molar-refractivity contribution in [3.8, 4) is 0 Å². The molecule has 34 heavy (non-hydrogen) atoms. The van der Waals surface area contributed by atoms with Crippen molar-refractivity contribution in [3.05, 3.63) is 48.0 Å². The maximum atomic E-state index is 6.91. The van der Waals surface area contributed by atoms with E-state index in [4.69, 9.17) is 13.9 Å². The monoisotopic (exact) mass is 488 g/mol. The zero-order valence-corrected chi connectivity index (χ0v) is 24.4. The van der Waals surface area contributed by atoms with Crippen molar-refractivity contribution < 1.29 is 13.9 Å². The van der Waals surface area contributed by atoms with Gasteiger partial charge in [-0.05, 0) is 40.9 Å². The lowest BCUT2D eigenvalue weighted by Gasteiger charge is -2.44. The van der Waals surface area contributed by atoms with E-state index in [1.807, 2.05) is 6.07 Å². The zero-order chi connectivity index (χ0) is 25.3. The highest BCUT2D eigenvalue weighted by Crippen LogP contribution is 2.43. The summed E-state index contributed by atoms with van der Waals surface area (Å²) in [5, 5.41) is 0. The molecule has 0 unspecified atom stereocenters. The molecular weight excluding hydrogens is 436 g/mol. The second-order valence-electron chi connectivity index (χ2n) is 11.6. The molecule has 0 N–H and O–H groups in total. The third-order valence-electron chi connectivity index (χ3n) is 8.02. The van der Waals surface area contributed by atoms with Crippen LogP contribution in [0.4, 0.5) is 0 Å².